The van der Waals surface area contributed by atoms with Crippen molar-refractivity contribution in [2.24, 2.45) is 0 Å². The smallest absolute Gasteiger partial charge is 0.119 e. The Hall–Kier alpha value is -2.00. The minimum absolute atomic E-state index is 0.293. The van der Waals surface area contributed by atoms with Crippen LogP contribution >= 0.6 is 0 Å². The van der Waals surface area contributed by atoms with Gasteiger partial charge in [-0.05, 0) is 24.3 Å². The Bertz CT molecular complexity index is 473. The summed E-state index contributed by atoms with van der Waals surface area (Å²) in [5.74, 6) is 0.781. The zero-order valence-corrected chi connectivity index (χ0v) is 11.1. The normalized spacial score (nSPS) is 11.9. The summed E-state index contributed by atoms with van der Waals surface area (Å²) in [4.78, 5) is 2.01. The van der Waals surface area contributed by atoms with Crippen LogP contribution < -0.4 is 9.64 Å². The molecule has 0 radical (unpaired) electrons. The van der Waals surface area contributed by atoms with Crippen molar-refractivity contribution < 1.29 is 9.84 Å². The quantitative estimate of drug-likeness (QED) is 0.863. The average molecular weight is 257 g/mol. The molecule has 0 amide bonds. The van der Waals surface area contributed by atoms with Crippen molar-refractivity contribution in [2.75, 3.05) is 25.1 Å². The second kappa shape index (κ2) is 6.81. The zero-order valence-electron chi connectivity index (χ0n) is 11.1. The predicted octanol–water partition coefficient (Wildman–Crippen LogP) is 2.56. The Morgan fingerprint density at radius 1 is 1.00 bits per heavy atom. The number of benzene rings is 2. The Balaban J connectivity index is 1.80. The van der Waals surface area contributed by atoms with Gasteiger partial charge in [0.25, 0.3) is 0 Å². The third-order valence-corrected chi connectivity index (χ3v) is 2.87. The Labute approximate surface area is 114 Å². The first-order valence-corrected chi connectivity index (χ1v) is 6.38. The van der Waals surface area contributed by atoms with E-state index in [0.29, 0.717) is 13.2 Å². The van der Waals surface area contributed by atoms with Crippen molar-refractivity contribution in [3.63, 3.8) is 0 Å². The minimum Gasteiger partial charge on any atom is -0.491 e. The molecule has 1 N–H and O–H groups in total. The largest absolute Gasteiger partial charge is 0.491 e. The lowest BCUT2D eigenvalue weighted by molar-refractivity contribution is 0.113. The van der Waals surface area contributed by atoms with E-state index in [0.717, 1.165) is 11.4 Å². The van der Waals surface area contributed by atoms with Crippen molar-refractivity contribution in [1.29, 1.82) is 0 Å². The van der Waals surface area contributed by atoms with Gasteiger partial charge in [0.1, 0.15) is 18.5 Å². The van der Waals surface area contributed by atoms with Crippen LogP contribution in [-0.2, 0) is 0 Å². The number of rotatable bonds is 6. The highest BCUT2D eigenvalue weighted by Gasteiger charge is 2.09. The molecule has 0 saturated heterocycles. The molecule has 2 aromatic rings. The number of aliphatic hydroxyl groups is 1. The van der Waals surface area contributed by atoms with Crippen LogP contribution in [0.2, 0.25) is 0 Å². The summed E-state index contributed by atoms with van der Waals surface area (Å²) in [5, 5.41) is 9.98. The molecule has 19 heavy (non-hydrogen) atoms. The van der Waals surface area contributed by atoms with Crippen LogP contribution in [0.15, 0.2) is 60.7 Å². The number of hydrogen-bond donors (Lipinski definition) is 1. The topological polar surface area (TPSA) is 32.7 Å². The van der Waals surface area contributed by atoms with Crippen LogP contribution in [0.1, 0.15) is 0 Å². The lowest BCUT2D eigenvalue weighted by Crippen LogP contribution is -2.33. The van der Waals surface area contributed by atoms with E-state index in [1.165, 1.54) is 0 Å². The lowest BCUT2D eigenvalue weighted by atomic mass is 10.2. The monoisotopic (exact) mass is 257 g/mol. The van der Waals surface area contributed by atoms with E-state index in [2.05, 4.69) is 0 Å². The van der Waals surface area contributed by atoms with E-state index in [4.69, 9.17) is 4.74 Å². The molecule has 3 nitrogen and oxygen atoms in total. The van der Waals surface area contributed by atoms with E-state index in [9.17, 15) is 5.11 Å². The highest BCUT2D eigenvalue weighted by molar-refractivity contribution is 5.45. The molecule has 0 aliphatic rings. The maximum atomic E-state index is 9.98. The third kappa shape index (κ3) is 4.30. The SMILES string of the molecule is CN(CC(O)COc1ccccc1)c1ccccc1. The molecule has 0 aliphatic heterocycles. The van der Waals surface area contributed by atoms with Crippen molar-refractivity contribution >= 4 is 5.69 Å². The number of likely N-dealkylation sites (N-methyl/N-ethyl adjacent to an activating group) is 1. The van der Waals surface area contributed by atoms with Crippen molar-refractivity contribution in [1.82, 2.24) is 0 Å². The van der Waals surface area contributed by atoms with Gasteiger partial charge >= 0.3 is 0 Å². The molecule has 0 aliphatic carbocycles. The van der Waals surface area contributed by atoms with Crippen LogP contribution in [0.5, 0.6) is 5.75 Å². The molecule has 0 saturated carbocycles. The van der Waals surface area contributed by atoms with Crippen LogP contribution in [0, 0.1) is 0 Å². The second-order valence-corrected chi connectivity index (χ2v) is 4.49. The van der Waals surface area contributed by atoms with E-state index in [1.807, 2.05) is 72.6 Å². The molecule has 0 bridgehead atoms. The van der Waals surface area contributed by atoms with E-state index in [1.54, 1.807) is 0 Å². The summed E-state index contributed by atoms with van der Waals surface area (Å²) in [6.07, 6.45) is -0.523. The first kappa shape index (κ1) is 13.4. The molecular weight excluding hydrogens is 238 g/mol. The summed E-state index contributed by atoms with van der Waals surface area (Å²) in [5.41, 5.74) is 1.08. The number of ether oxygens (including phenoxy) is 1. The van der Waals surface area contributed by atoms with Gasteiger partial charge in [-0.1, -0.05) is 36.4 Å². The first-order valence-electron chi connectivity index (χ1n) is 6.38. The molecule has 100 valence electrons. The molecule has 2 rings (SSSR count). The fourth-order valence-corrected chi connectivity index (χ4v) is 1.87. The van der Waals surface area contributed by atoms with Gasteiger partial charge in [0.15, 0.2) is 0 Å². The minimum atomic E-state index is -0.523. The van der Waals surface area contributed by atoms with Gasteiger partial charge in [0.05, 0.1) is 0 Å². The summed E-state index contributed by atoms with van der Waals surface area (Å²) in [7, 11) is 1.96. The van der Waals surface area contributed by atoms with Gasteiger partial charge in [-0.2, -0.15) is 0 Å². The molecule has 1 atom stereocenters. The highest BCUT2D eigenvalue weighted by atomic mass is 16.5. The molecule has 1 unspecified atom stereocenters. The fraction of sp³-hybridized carbons (Fsp3) is 0.250. The summed E-state index contributed by atoms with van der Waals surface area (Å²) < 4.78 is 5.53. The highest BCUT2D eigenvalue weighted by Crippen LogP contribution is 2.12. The van der Waals surface area contributed by atoms with Gasteiger partial charge < -0.3 is 14.7 Å². The molecular formula is C16H19NO2. The average Bonchev–Trinajstić information content (AvgIpc) is 2.47. The molecule has 0 aromatic heterocycles. The molecule has 2 aromatic carbocycles. The van der Waals surface area contributed by atoms with Crippen molar-refractivity contribution in [3.8, 4) is 5.75 Å². The maximum Gasteiger partial charge on any atom is 0.119 e. The number of anilines is 1. The predicted molar refractivity (Wildman–Crippen MR) is 77.7 cm³/mol. The Morgan fingerprint density at radius 2 is 1.58 bits per heavy atom. The summed E-state index contributed by atoms with van der Waals surface area (Å²) in [6, 6.07) is 19.5. The number of nitrogens with zero attached hydrogens (tertiary/aromatic N) is 1. The van der Waals surface area contributed by atoms with Crippen molar-refractivity contribution in [2.45, 2.75) is 6.10 Å². The Kier molecular flexibility index (Phi) is 4.81. The lowest BCUT2D eigenvalue weighted by Gasteiger charge is -2.22. The number of aliphatic hydroxyl groups excluding tert-OH is 1. The molecule has 0 spiro atoms. The fourth-order valence-electron chi connectivity index (χ4n) is 1.87. The summed E-state index contributed by atoms with van der Waals surface area (Å²) in [6.45, 7) is 0.831. The van der Waals surface area contributed by atoms with E-state index in [-0.39, 0.29) is 0 Å². The Morgan fingerprint density at radius 3 is 2.21 bits per heavy atom. The van der Waals surface area contributed by atoms with Crippen LogP contribution in [-0.4, -0.2) is 31.4 Å². The number of hydrogen-bond acceptors (Lipinski definition) is 3. The molecule has 0 heterocycles. The number of para-hydroxylation sites is 2. The van der Waals surface area contributed by atoms with Gasteiger partial charge in [0, 0.05) is 19.3 Å². The van der Waals surface area contributed by atoms with Crippen LogP contribution in [0.4, 0.5) is 5.69 Å². The first-order chi connectivity index (χ1) is 9.25. The van der Waals surface area contributed by atoms with E-state index >= 15 is 0 Å². The van der Waals surface area contributed by atoms with E-state index < -0.39 is 6.10 Å². The van der Waals surface area contributed by atoms with Gasteiger partial charge in [-0.15, -0.1) is 0 Å². The molecule has 0 fully saturated rings. The standard InChI is InChI=1S/C16H19NO2/c1-17(14-8-4-2-5-9-14)12-15(18)13-19-16-10-6-3-7-11-16/h2-11,15,18H,12-13H2,1H3. The van der Waals surface area contributed by atoms with Gasteiger partial charge in [-0.25, -0.2) is 0 Å². The second-order valence-electron chi connectivity index (χ2n) is 4.49. The summed E-state index contributed by atoms with van der Waals surface area (Å²) >= 11 is 0. The van der Waals surface area contributed by atoms with Crippen LogP contribution in [0.3, 0.4) is 0 Å². The molecule has 3 heteroatoms. The van der Waals surface area contributed by atoms with Gasteiger partial charge in [0.2, 0.25) is 0 Å². The maximum absolute atomic E-state index is 9.98. The third-order valence-electron chi connectivity index (χ3n) is 2.87. The van der Waals surface area contributed by atoms with Crippen LogP contribution in [0.25, 0.3) is 0 Å². The van der Waals surface area contributed by atoms with Gasteiger partial charge in [-0.3, -0.25) is 0 Å². The van der Waals surface area contributed by atoms with Crippen molar-refractivity contribution in [3.05, 3.63) is 60.7 Å². The zero-order chi connectivity index (χ0) is 13.5.